The maximum Gasteiger partial charge on any atom is 0.329 e. The number of rotatable bonds is 4. The summed E-state index contributed by atoms with van der Waals surface area (Å²) in [7, 11) is 0. The lowest BCUT2D eigenvalue weighted by atomic mass is 9.94. The van der Waals surface area contributed by atoms with Gasteiger partial charge in [0.05, 0.1) is 5.69 Å². The lowest BCUT2D eigenvalue weighted by Crippen LogP contribution is -2.62. The topological polar surface area (TPSA) is 81.7 Å². The molecule has 7 heteroatoms. The summed E-state index contributed by atoms with van der Waals surface area (Å²) in [6, 6.07) is 11.8. The van der Waals surface area contributed by atoms with Crippen LogP contribution in [0.1, 0.15) is 30.9 Å². The Hall–Kier alpha value is -2.38. The van der Waals surface area contributed by atoms with Crippen LogP contribution in [0.2, 0.25) is 0 Å². The number of hydrogen-bond donors (Lipinski definition) is 3. The second kappa shape index (κ2) is 6.65. The molecule has 1 atom stereocenters. The van der Waals surface area contributed by atoms with Crippen molar-refractivity contribution in [1.29, 1.82) is 0 Å². The van der Waals surface area contributed by atoms with Gasteiger partial charge in [-0.05, 0) is 55.2 Å². The van der Waals surface area contributed by atoms with Crippen molar-refractivity contribution in [2.45, 2.75) is 38.0 Å². The average molecular weight is 430 g/mol. The minimum absolute atomic E-state index is 0.0476. The highest BCUT2D eigenvalue weighted by atomic mass is 79.9. The number of anilines is 2. The van der Waals surface area contributed by atoms with Crippen LogP contribution < -0.4 is 15.5 Å². The molecule has 2 aromatic rings. The summed E-state index contributed by atoms with van der Waals surface area (Å²) in [4.78, 5) is 27.1. The molecule has 0 aromatic heterocycles. The number of urea groups is 1. The number of hydrogen-bond acceptors (Lipinski definition) is 3. The van der Waals surface area contributed by atoms with E-state index in [0.29, 0.717) is 21.4 Å². The van der Waals surface area contributed by atoms with Gasteiger partial charge in [0.1, 0.15) is 0 Å². The Morgan fingerprint density at radius 3 is 2.63 bits per heavy atom. The van der Waals surface area contributed by atoms with Crippen molar-refractivity contribution >= 4 is 39.2 Å². The second-order valence-electron chi connectivity index (χ2n) is 6.90. The van der Waals surface area contributed by atoms with Crippen molar-refractivity contribution < 1.29 is 14.7 Å². The lowest BCUT2D eigenvalue weighted by molar-refractivity contribution is -0.140. The molecule has 3 amide bonds. The van der Waals surface area contributed by atoms with E-state index in [4.69, 9.17) is 0 Å². The third-order valence-corrected chi connectivity index (χ3v) is 5.45. The maximum absolute atomic E-state index is 13.1. The zero-order chi connectivity index (χ0) is 19.2. The van der Waals surface area contributed by atoms with E-state index in [2.05, 4.69) is 26.6 Å². The molecule has 4 rings (SSSR count). The zero-order valence-electron chi connectivity index (χ0n) is 14.8. The van der Waals surface area contributed by atoms with Crippen LogP contribution in [0.25, 0.3) is 0 Å². The van der Waals surface area contributed by atoms with Crippen LogP contribution >= 0.6 is 15.9 Å². The lowest BCUT2D eigenvalue weighted by Gasteiger charge is -2.42. The van der Waals surface area contributed by atoms with Crippen molar-refractivity contribution in [1.82, 2.24) is 5.32 Å². The SMILES string of the molecule is CCc1ccc(N2C(=O)Nc3ccc(Br)cc3C2(O)C(=O)NC2CC2)cc1. The summed E-state index contributed by atoms with van der Waals surface area (Å²) < 4.78 is 0.705. The summed E-state index contributed by atoms with van der Waals surface area (Å²) in [5, 5.41) is 17.2. The molecule has 0 radical (unpaired) electrons. The van der Waals surface area contributed by atoms with Gasteiger partial charge in [0.2, 0.25) is 0 Å². The predicted molar refractivity (Wildman–Crippen MR) is 107 cm³/mol. The van der Waals surface area contributed by atoms with Gasteiger partial charge in [0.15, 0.2) is 0 Å². The van der Waals surface area contributed by atoms with Gasteiger partial charge >= 0.3 is 6.03 Å². The number of carbonyl (C=O) groups excluding carboxylic acids is 2. The quantitative estimate of drug-likeness (QED) is 0.695. The molecule has 1 heterocycles. The fourth-order valence-electron chi connectivity index (χ4n) is 3.27. The number of carbonyl (C=O) groups is 2. The molecule has 6 nitrogen and oxygen atoms in total. The Kier molecular flexibility index (Phi) is 4.44. The summed E-state index contributed by atoms with van der Waals surface area (Å²) in [6.07, 6.45) is 2.61. The summed E-state index contributed by atoms with van der Waals surface area (Å²) >= 11 is 3.39. The third kappa shape index (κ3) is 3.11. The molecule has 1 unspecified atom stereocenters. The number of aryl methyl sites for hydroxylation is 1. The Bertz CT molecular complexity index is 911. The van der Waals surface area contributed by atoms with Crippen molar-refractivity contribution in [2.24, 2.45) is 0 Å². The van der Waals surface area contributed by atoms with E-state index in [9.17, 15) is 14.7 Å². The molecular weight excluding hydrogens is 410 g/mol. The number of nitrogens with zero attached hydrogens (tertiary/aromatic N) is 1. The molecule has 0 saturated heterocycles. The first kappa shape index (κ1) is 18.0. The molecule has 1 aliphatic carbocycles. The Morgan fingerprint density at radius 2 is 2.00 bits per heavy atom. The van der Waals surface area contributed by atoms with E-state index in [1.54, 1.807) is 30.3 Å². The van der Waals surface area contributed by atoms with Gasteiger partial charge in [-0.1, -0.05) is 35.0 Å². The van der Waals surface area contributed by atoms with Gasteiger partial charge < -0.3 is 15.7 Å². The van der Waals surface area contributed by atoms with Gasteiger partial charge in [-0.2, -0.15) is 0 Å². The third-order valence-electron chi connectivity index (χ3n) is 4.96. The molecule has 0 bridgehead atoms. The molecular formula is C20H20BrN3O3. The number of benzene rings is 2. The van der Waals surface area contributed by atoms with Crippen molar-refractivity contribution in [2.75, 3.05) is 10.2 Å². The molecule has 1 saturated carbocycles. The molecule has 140 valence electrons. The fraction of sp³-hybridized carbons (Fsp3) is 0.300. The number of aliphatic hydroxyl groups is 1. The van der Waals surface area contributed by atoms with Crippen molar-refractivity contribution in [3.63, 3.8) is 0 Å². The van der Waals surface area contributed by atoms with Gasteiger partial charge in [0.25, 0.3) is 11.6 Å². The van der Waals surface area contributed by atoms with Crippen LogP contribution in [0.3, 0.4) is 0 Å². The van der Waals surface area contributed by atoms with Gasteiger partial charge in [0, 0.05) is 21.8 Å². The number of amides is 3. The van der Waals surface area contributed by atoms with Crippen molar-refractivity contribution in [3.05, 3.63) is 58.1 Å². The van der Waals surface area contributed by atoms with Crippen LogP contribution in [-0.2, 0) is 16.9 Å². The zero-order valence-corrected chi connectivity index (χ0v) is 16.4. The predicted octanol–water partition coefficient (Wildman–Crippen LogP) is 3.49. The van der Waals surface area contributed by atoms with E-state index in [1.165, 1.54) is 0 Å². The molecule has 27 heavy (non-hydrogen) atoms. The van der Waals surface area contributed by atoms with E-state index in [0.717, 1.165) is 29.7 Å². The molecule has 1 aliphatic heterocycles. The van der Waals surface area contributed by atoms with Gasteiger partial charge in [-0.15, -0.1) is 0 Å². The maximum atomic E-state index is 13.1. The minimum atomic E-state index is -2.14. The number of halogens is 1. The van der Waals surface area contributed by atoms with Crippen molar-refractivity contribution in [3.8, 4) is 0 Å². The first-order valence-corrected chi connectivity index (χ1v) is 9.76. The molecule has 3 N–H and O–H groups in total. The first-order chi connectivity index (χ1) is 12.9. The van der Waals surface area contributed by atoms with Gasteiger partial charge in [-0.25, -0.2) is 4.79 Å². The summed E-state index contributed by atoms with van der Waals surface area (Å²) in [5.41, 5.74) is 0.152. The van der Waals surface area contributed by atoms with Gasteiger partial charge in [-0.3, -0.25) is 9.69 Å². The van der Waals surface area contributed by atoms with E-state index < -0.39 is 17.7 Å². The minimum Gasteiger partial charge on any atom is -0.359 e. The second-order valence-corrected chi connectivity index (χ2v) is 7.81. The smallest absolute Gasteiger partial charge is 0.329 e. The first-order valence-electron chi connectivity index (χ1n) is 8.97. The normalized spacial score (nSPS) is 21.4. The van der Waals surface area contributed by atoms with E-state index in [-0.39, 0.29) is 6.04 Å². The summed E-state index contributed by atoms with van der Waals surface area (Å²) in [6.45, 7) is 2.04. The average Bonchev–Trinajstić information content (AvgIpc) is 3.47. The van der Waals surface area contributed by atoms with Crippen LogP contribution in [0.5, 0.6) is 0 Å². The standard InChI is InChI=1S/C20H20BrN3O3/c1-2-12-3-8-15(9-4-12)24-19(26)23-17-10-5-13(21)11-16(17)20(24,27)18(25)22-14-6-7-14/h3-5,8-11,14,27H,2,6-7H2,1H3,(H,22,25)(H,23,26). The van der Waals surface area contributed by atoms with Crippen LogP contribution in [0.4, 0.5) is 16.2 Å². The van der Waals surface area contributed by atoms with E-state index >= 15 is 0 Å². The molecule has 2 aromatic carbocycles. The highest BCUT2D eigenvalue weighted by Gasteiger charge is 2.53. The highest BCUT2D eigenvalue weighted by molar-refractivity contribution is 9.10. The largest absolute Gasteiger partial charge is 0.359 e. The molecule has 1 fully saturated rings. The Balaban J connectivity index is 1.86. The summed E-state index contributed by atoms with van der Waals surface area (Å²) in [5.74, 6) is -0.598. The van der Waals surface area contributed by atoms with Crippen LogP contribution in [0.15, 0.2) is 46.9 Å². The number of nitrogens with one attached hydrogen (secondary N) is 2. The Morgan fingerprint density at radius 1 is 1.30 bits per heavy atom. The fourth-order valence-corrected chi connectivity index (χ4v) is 3.64. The monoisotopic (exact) mass is 429 g/mol. The van der Waals surface area contributed by atoms with Crippen LogP contribution in [-0.4, -0.2) is 23.1 Å². The highest BCUT2D eigenvalue weighted by Crippen LogP contribution is 2.41. The number of fused-ring (bicyclic) bond motifs is 1. The molecule has 0 spiro atoms. The van der Waals surface area contributed by atoms with E-state index in [1.807, 2.05) is 19.1 Å². The van der Waals surface area contributed by atoms with Crippen LogP contribution in [0, 0.1) is 0 Å². The Labute approximate surface area is 165 Å². The molecule has 2 aliphatic rings.